The minimum atomic E-state index is -3.53. The third kappa shape index (κ3) is 2.73. The fraction of sp³-hybridized carbons (Fsp3) is 0.900. The minimum Gasteiger partial charge on any atom is -0.377 e. The van der Waals surface area contributed by atoms with E-state index >= 15 is 0 Å². The van der Waals surface area contributed by atoms with Gasteiger partial charge in [0.25, 0.3) is 0 Å². The van der Waals surface area contributed by atoms with E-state index in [1.807, 2.05) is 0 Å². The molecule has 0 heterocycles. The Balaban J connectivity index is 2.57. The summed E-state index contributed by atoms with van der Waals surface area (Å²) in [6, 6.07) is 1.79. The Morgan fingerprint density at radius 3 is 2.50 bits per heavy atom. The molecule has 5 nitrogen and oxygen atoms in total. The van der Waals surface area contributed by atoms with E-state index in [9.17, 15) is 8.42 Å². The molecular formula is C10H18N2O3S. The fourth-order valence-corrected chi connectivity index (χ4v) is 2.98. The fourth-order valence-electron chi connectivity index (χ4n) is 1.74. The highest BCUT2D eigenvalue weighted by Crippen LogP contribution is 2.34. The topological polar surface area (TPSA) is 79.2 Å². The van der Waals surface area contributed by atoms with E-state index in [-0.39, 0.29) is 12.1 Å². The number of hydrogen-bond acceptors (Lipinski definition) is 4. The van der Waals surface area contributed by atoms with Crippen LogP contribution in [0.2, 0.25) is 0 Å². The predicted octanol–water partition coefficient (Wildman–Crippen LogP) is 0.777. The number of ether oxygens (including phenoxy) is 1. The molecule has 0 bridgehead atoms. The van der Waals surface area contributed by atoms with E-state index in [1.54, 1.807) is 20.1 Å². The number of nitrogens with zero attached hydrogens (tertiary/aromatic N) is 1. The Bertz CT molecular complexity index is 363. The second kappa shape index (κ2) is 5.13. The van der Waals surface area contributed by atoms with Gasteiger partial charge in [0, 0.05) is 13.7 Å². The maximum absolute atomic E-state index is 11.7. The maximum atomic E-state index is 11.7. The average Bonchev–Trinajstić information content (AvgIpc) is 2.18. The zero-order chi connectivity index (χ0) is 12.2. The standard InChI is InChI=1S/C10H18N2O3S/c1-3-9(7-11)16(13,14)12-8-10(15-2)5-4-6-10/h9,12H,3-6,8H2,1-2H3. The molecule has 0 aromatic heterocycles. The third-order valence-electron chi connectivity index (χ3n) is 3.18. The first-order valence-corrected chi connectivity index (χ1v) is 6.97. The molecule has 0 amide bonds. The minimum absolute atomic E-state index is 0.268. The summed E-state index contributed by atoms with van der Waals surface area (Å²) in [6.07, 6.45) is 3.10. The zero-order valence-corrected chi connectivity index (χ0v) is 10.5. The number of nitriles is 1. The van der Waals surface area contributed by atoms with E-state index in [1.165, 1.54) is 0 Å². The van der Waals surface area contributed by atoms with Gasteiger partial charge in [-0.2, -0.15) is 5.26 Å². The molecule has 1 atom stereocenters. The van der Waals surface area contributed by atoms with E-state index in [2.05, 4.69) is 4.72 Å². The Labute approximate surface area is 96.8 Å². The van der Waals surface area contributed by atoms with Crippen molar-refractivity contribution < 1.29 is 13.2 Å². The van der Waals surface area contributed by atoms with Gasteiger partial charge in [-0.15, -0.1) is 0 Å². The van der Waals surface area contributed by atoms with Crippen LogP contribution in [-0.2, 0) is 14.8 Å². The summed E-state index contributed by atoms with van der Waals surface area (Å²) in [6.45, 7) is 1.95. The van der Waals surface area contributed by atoms with Crippen molar-refractivity contribution in [2.24, 2.45) is 0 Å². The lowest BCUT2D eigenvalue weighted by Gasteiger charge is -2.40. The van der Waals surface area contributed by atoms with Crippen molar-refractivity contribution in [2.75, 3.05) is 13.7 Å². The van der Waals surface area contributed by atoms with Gasteiger partial charge in [0.2, 0.25) is 10.0 Å². The van der Waals surface area contributed by atoms with Crippen LogP contribution < -0.4 is 4.72 Å². The molecule has 92 valence electrons. The number of rotatable bonds is 6. The molecule has 1 rings (SSSR count). The number of sulfonamides is 1. The largest absolute Gasteiger partial charge is 0.377 e. The van der Waals surface area contributed by atoms with Crippen molar-refractivity contribution in [3.63, 3.8) is 0 Å². The maximum Gasteiger partial charge on any atom is 0.228 e. The number of nitrogens with one attached hydrogen (secondary N) is 1. The van der Waals surface area contributed by atoms with E-state index in [0.29, 0.717) is 6.42 Å². The van der Waals surface area contributed by atoms with Crippen LogP contribution in [-0.4, -0.2) is 32.9 Å². The van der Waals surface area contributed by atoms with Crippen LogP contribution in [0.5, 0.6) is 0 Å². The molecule has 6 heteroatoms. The quantitative estimate of drug-likeness (QED) is 0.751. The second-order valence-electron chi connectivity index (χ2n) is 4.13. The Hall–Kier alpha value is -0.640. The highest BCUT2D eigenvalue weighted by molar-refractivity contribution is 7.90. The molecule has 0 aliphatic heterocycles. The van der Waals surface area contributed by atoms with Crippen LogP contribution in [0.25, 0.3) is 0 Å². The highest BCUT2D eigenvalue weighted by atomic mass is 32.2. The summed E-state index contributed by atoms with van der Waals surface area (Å²) in [4.78, 5) is 0. The molecule has 1 aliphatic carbocycles. The monoisotopic (exact) mass is 246 g/mol. The SMILES string of the molecule is CCC(C#N)S(=O)(=O)NCC1(OC)CCC1. The van der Waals surface area contributed by atoms with Crippen molar-refractivity contribution in [1.82, 2.24) is 4.72 Å². The van der Waals surface area contributed by atoms with Gasteiger partial charge in [-0.05, 0) is 25.7 Å². The summed E-state index contributed by atoms with van der Waals surface area (Å²) in [7, 11) is -1.94. The van der Waals surface area contributed by atoms with Gasteiger partial charge in [0.15, 0.2) is 5.25 Å². The number of hydrogen-bond donors (Lipinski definition) is 1. The zero-order valence-electron chi connectivity index (χ0n) is 9.69. The molecule has 0 spiro atoms. The average molecular weight is 246 g/mol. The lowest BCUT2D eigenvalue weighted by atomic mass is 9.80. The third-order valence-corrected chi connectivity index (χ3v) is 4.92. The smallest absolute Gasteiger partial charge is 0.228 e. The molecule has 0 radical (unpaired) electrons. The van der Waals surface area contributed by atoms with Gasteiger partial charge in [0.1, 0.15) is 0 Å². The first kappa shape index (κ1) is 13.4. The van der Waals surface area contributed by atoms with Gasteiger partial charge < -0.3 is 4.74 Å². The van der Waals surface area contributed by atoms with Crippen LogP contribution in [0.4, 0.5) is 0 Å². The summed E-state index contributed by atoms with van der Waals surface area (Å²) in [5, 5.41) is 7.75. The van der Waals surface area contributed by atoms with Crippen LogP contribution >= 0.6 is 0 Å². The molecular weight excluding hydrogens is 228 g/mol. The van der Waals surface area contributed by atoms with E-state index in [4.69, 9.17) is 10.00 Å². The van der Waals surface area contributed by atoms with Crippen LogP contribution in [0.3, 0.4) is 0 Å². The van der Waals surface area contributed by atoms with Crippen molar-refractivity contribution in [3.8, 4) is 6.07 Å². The predicted molar refractivity (Wildman–Crippen MR) is 60.2 cm³/mol. The van der Waals surface area contributed by atoms with Crippen molar-refractivity contribution in [3.05, 3.63) is 0 Å². The molecule has 0 aromatic rings. The van der Waals surface area contributed by atoms with Gasteiger partial charge in [-0.1, -0.05) is 6.92 Å². The van der Waals surface area contributed by atoms with Gasteiger partial charge in [0.05, 0.1) is 11.7 Å². The van der Waals surface area contributed by atoms with Crippen molar-refractivity contribution in [2.45, 2.75) is 43.5 Å². The molecule has 1 fully saturated rings. The van der Waals surface area contributed by atoms with E-state index < -0.39 is 15.3 Å². The number of methoxy groups -OCH3 is 1. The van der Waals surface area contributed by atoms with Crippen LogP contribution in [0, 0.1) is 11.3 Å². The summed E-state index contributed by atoms with van der Waals surface area (Å²) in [5.41, 5.74) is -0.346. The summed E-state index contributed by atoms with van der Waals surface area (Å²) < 4.78 is 31.2. The van der Waals surface area contributed by atoms with E-state index in [0.717, 1.165) is 19.3 Å². The van der Waals surface area contributed by atoms with Gasteiger partial charge >= 0.3 is 0 Å². The Morgan fingerprint density at radius 2 is 2.19 bits per heavy atom. The molecule has 1 unspecified atom stereocenters. The summed E-state index contributed by atoms with van der Waals surface area (Å²) >= 11 is 0. The Morgan fingerprint density at radius 1 is 1.56 bits per heavy atom. The molecule has 0 aromatic carbocycles. The Kier molecular flexibility index (Phi) is 4.30. The molecule has 1 saturated carbocycles. The molecule has 0 saturated heterocycles. The lowest BCUT2D eigenvalue weighted by molar-refractivity contribution is -0.0659. The van der Waals surface area contributed by atoms with Crippen molar-refractivity contribution >= 4 is 10.0 Å². The molecule has 1 N–H and O–H groups in total. The highest BCUT2D eigenvalue weighted by Gasteiger charge is 2.38. The van der Waals surface area contributed by atoms with Crippen molar-refractivity contribution in [1.29, 1.82) is 5.26 Å². The lowest BCUT2D eigenvalue weighted by Crippen LogP contribution is -2.50. The molecule has 1 aliphatic rings. The summed E-state index contributed by atoms with van der Waals surface area (Å²) in [5.74, 6) is 0. The second-order valence-corrected chi connectivity index (χ2v) is 6.08. The van der Waals surface area contributed by atoms with Gasteiger partial charge in [-0.25, -0.2) is 13.1 Å². The first-order valence-electron chi connectivity index (χ1n) is 5.43. The molecule has 16 heavy (non-hydrogen) atoms. The van der Waals surface area contributed by atoms with Crippen LogP contribution in [0.1, 0.15) is 32.6 Å². The first-order chi connectivity index (χ1) is 7.49. The normalized spacial score (nSPS) is 20.8. The van der Waals surface area contributed by atoms with Gasteiger partial charge in [-0.3, -0.25) is 0 Å². The van der Waals surface area contributed by atoms with Crippen LogP contribution in [0.15, 0.2) is 0 Å².